The minimum absolute atomic E-state index is 0.00916. The molecule has 0 fully saturated rings. The van der Waals surface area contributed by atoms with E-state index < -0.39 is 5.97 Å². The molecule has 1 heterocycles. The first-order valence-electron chi connectivity index (χ1n) is 7.09. The fourth-order valence-electron chi connectivity index (χ4n) is 2.50. The van der Waals surface area contributed by atoms with Gasteiger partial charge in [-0.1, -0.05) is 48.5 Å². The number of benzene rings is 2. The standard InChI is InChI=1S/C18H16N2O2/c1-12(13-7-3-2-4-8-13)20-17-14-9-5-6-10-16(14)19-11-15(17)18(21)22/h2-12H,1H3,(H,19,20)(H,21,22). The molecule has 22 heavy (non-hydrogen) atoms. The zero-order valence-electron chi connectivity index (χ0n) is 12.2. The Morgan fingerprint density at radius 2 is 1.77 bits per heavy atom. The SMILES string of the molecule is CC(Nc1c(C(=O)O)cnc2ccccc12)c1ccccc1. The van der Waals surface area contributed by atoms with Crippen LogP contribution in [0, 0.1) is 0 Å². The van der Waals surface area contributed by atoms with Gasteiger partial charge in [-0.15, -0.1) is 0 Å². The predicted octanol–water partition coefficient (Wildman–Crippen LogP) is 4.11. The number of carboxylic acids is 1. The molecule has 1 atom stereocenters. The molecule has 0 spiro atoms. The van der Waals surface area contributed by atoms with Crippen LogP contribution in [0.3, 0.4) is 0 Å². The van der Waals surface area contributed by atoms with Gasteiger partial charge in [-0.3, -0.25) is 4.98 Å². The molecule has 1 unspecified atom stereocenters. The van der Waals surface area contributed by atoms with Gasteiger partial charge in [0.1, 0.15) is 5.56 Å². The Labute approximate surface area is 128 Å². The van der Waals surface area contributed by atoms with E-state index in [2.05, 4.69) is 10.3 Å². The number of nitrogens with zero attached hydrogens (tertiary/aromatic N) is 1. The van der Waals surface area contributed by atoms with Crippen molar-refractivity contribution in [3.63, 3.8) is 0 Å². The van der Waals surface area contributed by atoms with Crippen molar-refractivity contribution in [3.8, 4) is 0 Å². The van der Waals surface area contributed by atoms with Gasteiger partial charge in [-0.05, 0) is 18.6 Å². The summed E-state index contributed by atoms with van der Waals surface area (Å²) in [5, 5.41) is 13.6. The predicted molar refractivity (Wildman–Crippen MR) is 87.2 cm³/mol. The van der Waals surface area contributed by atoms with Crippen molar-refractivity contribution in [2.45, 2.75) is 13.0 Å². The van der Waals surface area contributed by atoms with Crippen LogP contribution >= 0.6 is 0 Å². The number of hydrogen-bond acceptors (Lipinski definition) is 3. The van der Waals surface area contributed by atoms with Gasteiger partial charge in [0.05, 0.1) is 11.2 Å². The molecule has 0 saturated carbocycles. The summed E-state index contributed by atoms with van der Waals surface area (Å²) < 4.78 is 0. The van der Waals surface area contributed by atoms with E-state index in [4.69, 9.17) is 0 Å². The maximum absolute atomic E-state index is 11.5. The molecule has 1 aromatic heterocycles. The second kappa shape index (κ2) is 5.85. The number of aromatic carboxylic acids is 1. The number of anilines is 1. The molecule has 0 bridgehead atoms. The average Bonchev–Trinajstić information content (AvgIpc) is 2.55. The van der Waals surface area contributed by atoms with Crippen molar-refractivity contribution in [1.29, 1.82) is 0 Å². The topological polar surface area (TPSA) is 62.2 Å². The van der Waals surface area contributed by atoms with E-state index in [0.29, 0.717) is 5.69 Å². The van der Waals surface area contributed by atoms with E-state index in [9.17, 15) is 9.90 Å². The molecule has 0 saturated heterocycles. The van der Waals surface area contributed by atoms with E-state index in [1.807, 2.05) is 61.5 Å². The molecule has 3 aromatic rings. The number of carbonyl (C=O) groups is 1. The highest BCUT2D eigenvalue weighted by molar-refractivity contribution is 6.04. The highest BCUT2D eigenvalue weighted by Crippen LogP contribution is 2.29. The van der Waals surface area contributed by atoms with Gasteiger partial charge >= 0.3 is 5.97 Å². The van der Waals surface area contributed by atoms with Crippen LogP contribution in [0.15, 0.2) is 60.8 Å². The summed E-state index contributed by atoms with van der Waals surface area (Å²) in [5.41, 5.74) is 2.66. The lowest BCUT2D eigenvalue weighted by molar-refractivity contribution is 0.0697. The number of nitrogens with one attached hydrogen (secondary N) is 1. The molecule has 0 aliphatic heterocycles. The second-order valence-corrected chi connectivity index (χ2v) is 5.15. The molecule has 0 radical (unpaired) electrons. The normalized spacial score (nSPS) is 12.0. The first-order chi connectivity index (χ1) is 10.7. The molecule has 0 aliphatic carbocycles. The third kappa shape index (κ3) is 2.63. The van der Waals surface area contributed by atoms with Crippen LogP contribution in [0.25, 0.3) is 10.9 Å². The smallest absolute Gasteiger partial charge is 0.339 e. The minimum Gasteiger partial charge on any atom is -0.478 e. The Morgan fingerprint density at radius 3 is 2.50 bits per heavy atom. The number of para-hydroxylation sites is 1. The van der Waals surface area contributed by atoms with E-state index in [1.165, 1.54) is 6.20 Å². The minimum atomic E-state index is -0.985. The second-order valence-electron chi connectivity index (χ2n) is 5.15. The van der Waals surface area contributed by atoms with Crippen LogP contribution in [-0.4, -0.2) is 16.1 Å². The third-order valence-electron chi connectivity index (χ3n) is 3.67. The summed E-state index contributed by atoms with van der Waals surface area (Å²) in [7, 11) is 0. The van der Waals surface area contributed by atoms with Crippen LogP contribution in [-0.2, 0) is 0 Å². The quantitative estimate of drug-likeness (QED) is 0.759. The molecule has 4 nitrogen and oxygen atoms in total. The Morgan fingerprint density at radius 1 is 1.09 bits per heavy atom. The summed E-state index contributed by atoms with van der Waals surface area (Å²) in [5.74, 6) is -0.985. The lowest BCUT2D eigenvalue weighted by Crippen LogP contribution is -2.11. The van der Waals surface area contributed by atoms with Crippen LogP contribution < -0.4 is 5.32 Å². The first-order valence-corrected chi connectivity index (χ1v) is 7.09. The molecule has 0 amide bonds. The molecule has 0 aliphatic rings. The van der Waals surface area contributed by atoms with Crippen LogP contribution in [0.4, 0.5) is 5.69 Å². The molecule has 3 rings (SSSR count). The zero-order valence-corrected chi connectivity index (χ0v) is 12.2. The number of carboxylic acid groups (broad SMARTS) is 1. The van der Waals surface area contributed by atoms with Crippen LogP contribution in [0.2, 0.25) is 0 Å². The monoisotopic (exact) mass is 292 g/mol. The molecule has 4 heteroatoms. The number of rotatable bonds is 4. The zero-order chi connectivity index (χ0) is 15.5. The fraction of sp³-hybridized carbons (Fsp3) is 0.111. The van der Waals surface area contributed by atoms with Crippen molar-refractivity contribution in [2.75, 3.05) is 5.32 Å². The molecular weight excluding hydrogens is 276 g/mol. The average molecular weight is 292 g/mol. The maximum Gasteiger partial charge on any atom is 0.339 e. The molecule has 2 aromatic carbocycles. The summed E-state index contributed by atoms with van der Waals surface area (Å²) >= 11 is 0. The Bertz CT molecular complexity index is 816. The Kier molecular flexibility index (Phi) is 3.74. The highest BCUT2D eigenvalue weighted by atomic mass is 16.4. The lowest BCUT2D eigenvalue weighted by atomic mass is 10.1. The summed E-state index contributed by atoms with van der Waals surface area (Å²) in [6, 6.07) is 17.4. The summed E-state index contributed by atoms with van der Waals surface area (Å²) in [4.78, 5) is 15.7. The van der Waals surface area contributed by atoms with Gasteiger partial charge in [0.15, 0.2) is 0 Å². The summed E-state index contributed by atoms with van der Waals surface area (Å²) in [6.07, 6.45) is 1.41. The van der Waals surface area contributed by atoms with E-state index in [0.717, 1.165) is 16.5 Å². The molecule has 2 N–H and O–H groups in total. The van der Waals surface area contributed by atoms with E-state index >= 15 is 0 Å². The van der Waals surface area contributed by atoms with E-state index in [1.54, 1.807) is 0 Å². The third-order valence-corrected chi connectivity index (χ3v) is 3.67. The van der Waals surface area contributed by atoms with Crippen molar-refractivity contribution in [3.05, 3.63) is 71.9 Å². The number of hydrogen-bond donors (Lipinski definition) is 2. The molecular formula is C18H16N2O2. The Balaban J connectivity index is 2.08. The van der Waals surface area contributed by atoms with Gasteiger partial charge in [0.2, 0.25) is 0 Å². The van der Waals surface area contributed by atoms with Crippen LogP contribution in [0.5, 0.6) is 0 Å². The fourth-order valence-corrected chi connectivity index (χ4v) is 2.50. The van der Waals surface area contributed by atoms with Gasteiger partial charge in [-0.25, -0.2) is 4.79 Å². The van der Waals surface area contributed by atoms with E-state index in [-0.39, 0.29) is 11.6 Å². The highest BCUT2D eigenvalue weighted by Gasteiger charge is 2.16. The number of pyridine rings is 1. The van der Waals surface area contributed by atoms with Crippen molar-refractivity contribution >= 4 is 22.6 Å². The largest absolute Gasteiger partial charge is 0.478 e. The number of aromatic nitrogens is 1. The van der Waals surface area contributed by atoms with Gasteiger partial charge < -0.3 is 10.4 Å². The van der Waals surface area contributed by atoms with Crippen molar-refractivity contribution < 1.29 is 9.90 Å². The van der Waals surface area contributed by atoms with Gasteiger partial charge in [0.25, 0.3) is 0 Å². The first kappa shape index (κ1) is 14.1. The Hall–Kier alpha value is -2.88. The van der Waals surface area contributed by atoms with Gasteiger partial charge in [-0.2, -0.15) is 0 Å². The van der Waals surface area contributed by atoms with Crippen LogP contribution in [0.1, 0.15) is 28.9 Å². The lowest BCUT2D eigenvalue weighted by Gasteiger charge is -2.19. The molecule has 110 valence electrons. The van der Waals surface area contributed by atoms with Gasteiger partial charge in [0, 0.05) is 17.6 Å². The number of fused-ring (bicyclic) bond motifs is 1. The summed E-state index contributed by atoms with van der Waals surface area (Å²) in [6.45, 7) is 2.01. The van der Waals surface area contributed by atoms with Crippen molar-refractivity contribution in [2.24, 2.45) is 0 Å². The maximum atomic E-state index is 11.5. The van der Waals surface area contributed by atoms with Crippen molar-refractivity contribution in [1.82, 2.24) is 4.98 Å².